The minimum absolute atomic E-state index is 0.00782. The van der Waals surface area contributed by atoms with Crippen LogP contribution in [0.25, 0.3) is 0 Å². The highest BCUT2D eigenvalue weighted by Crippen LogP contribution is 2.34. The SMILES string of the molecule is OCCCc1ccc2c(c1)C(Oc1ccc(F)c(Cl)c1)NC(C1=CC=CNC1)=N2. The summed E-state index contributed by atoms with van der Waals surface area (Å²) in [6.45, 7) is 0.793. The number of hydrogen-bond donors (Lipinski definition) is 3. The van der Waals surface area contributed by atoms with Gasteiger partial charge in [0.05, 0.1) is 10.7 Å². The predicted octanol–water partition coefficient (Wildman–Crippen LogP) is 4.16. The van der Waals surface area contributed by atoms with Gasteiger partial charge in [0.15, 0.2) is 6.23 Å². The maximum atomic E-state index is 13.5. The summed E-state index contributed by atoms with van der Waals surface area (Å²) in [5.74, 6) is 0.683. The zero-order valence-electron chi connectivity index (χ0n) is 15.7. The van der Waals surface area contributed by atoms with Crippen molar-refractivity contribution < 1.29 is 14.2 Å². The lowest BCUT2D eigenvalue weighted by atomic mass is 10.0. The Morgan fingerprint density at radius 3 is 2.90 bits per heavy atom. The third kappa shape index (κ3) is 4.44. The summed E-state index contributed by atoms with van der Waals surface area (Å²) in [5.41, 5.74) is 3.78. The average molecular weight is 414 g/mol. The molecule has 0 saturated heterocycles. The highest BCUT2D eigenvalue weighted by atomic mass is 35.5. The Kier molecular flexibility index (Phi) is 5.83. The molecule has 2 aliphatic heterocycles. The Labute approximate surface area is 173 Å². The van der Waals surface area contributed by atoms with E-state index in [2.05, 4.69) is 10.6 Å². The Morgan fingerprint density at radius 1 is 1.24 bits per heavy atom. The lowest BCUT2D eigenvalue weighted by molar-refractivity contribution is 0.189. The summed E-state index contributed by atoms with van der Waals surface area (Å²) >= 11 is 5.92. The minimum atomic E-state index is -0.514. The van der Waals surface area contributed by atoms with E-state index in [1.165, 1.54) is 12.1 Å². The van der Waals surface area contributed by atoms with Crippen LogP contribution in [0, 0.1) is 5.82 Å². The van der Waals surface area contributed by atoms with E-state index in [1.54, 1.807) is 6.07 Å². The largest absolute Gasteiger partial charge is 0.466 e. The van der Waals surface area contributed by atoms with Gasteiger partial charge in [-0.3, -0.25) is 0 Å². The number of aliphatic hydroxyl groups is 1. The summed E-state index contributed by atoms with van der Waals surface area (Å²) in [6, 6.07) is 10.3. The van der Waals surface area contributed by atoms with Gasteiger partial charge in [0, 0.05) is 30.4 Å². The number of ether oxygens (including phenoxy) is 1. The van der Waals surface area contributed by atoms with Gasteiger partial charge < -0.3 is 20.5 Å². The van der Waals surface area contributed by atoms with Gasteiger partial charge in [-0.05, 0) is 54.9 Å². The van der Waals surface area contributed by atoms with E-state index >= 15 is 0 Å². The summed E-state index contributed by atoms with van der Waals surface area (Å²) in [6.07, 6.45) is 6.73. The number of dihydropyridines is 1. The normalized spacial score (nSPS) is 17.6. The number of rotatable bonds is 6. The second kappa shape index (κ2) is 8.68. The number of nitrogens with one attached hydrogen (secondary N) is 2. The molecule has 2 heterocycles. The van der Waals surface area contributed by atoms with Crippen molar-refractivity contribution in [2.75, 3.05) is 13.2 Å². The third-order valence-corrected chi connectivity index (χ3v) is 5.04. The van der Waals surface area contributed by atoms with E-state index in [9.17, 15) is 4.39 Å². The van der Waals surface area contributed by atoms with Crippen molar-refractivity contribution in [1.29, 1.82) is 0 Å². The maximum Gasteiger partial charge on any atom is 0.199 e. The number of allylic oxidation sites excluding steroid dienone is 2. The zero-order chi connectivity index (χ0) is 20.2. The second-order valence-electron chi connectivity index (χ2n) is 6.83. The van der Waals surface area contributed by atoms with Crippen LogP contribution in [0.3, 0.4) is 0 Å². The van der Waals surface area contributed by atoms with Crippen LogP contribution in [0.5, 0.6) is 5.75 Å². The van der Waals surface area contributed by atoms with Crippen molar-refractivity contribution in [2.24, 2.45) is 4.99 Å². The number of aryl methyl sites for hydroxylation is 1. The van der Waals surface area contributed by atoms with E-state index in [-0.39, 0.29) is 11.6 Å². The molecule has 0 saturated carbocycles. The third-order valence-electron chi connectivity index (χ3n) is 4.75. The maximum absolute atomic E-state index is 13.5. The number of benzene rings is 2. The number of halogens is 2. The van der Waals surface area contributed by atoms with Crippen LogP contribution in [0.4, 0.5) is 10.1 Å². The van der Waals surface area contributed by atoms with Crippen LogP contribution in [0.1, 0.15) is 23.8 Å². The van der Waals surface area contributed by atoms with Crippen molar-refractivity contribution >= 4 is 23.1 Å². The summed E-state index contributed by atoms with van der Waals surface area (Å²) in [4.78, 5) is 4.76. The van der Waals surface area contributed by atoms with Crippen LogP contribution in [-0.4, -0.2) is 24.1 Å². The van der Waals surface area contributed by atoms with Gasteiger partial charge >= 0.3 is 0 Å². The number of aliphatic imine (C=N–C) groups is 1. The topological polar surface area (TPSA) is 65.9 Å². The number of nitrogens with zero attached hydrogens (tertiary/aromatic N) is 1. The number of amidine groups is 1. The first-order valence-corrected chi connectivity index (χ1v) is 9.82. The van der Waals surface area contributed by atoms with Gasteiger partial charge in [-0.2, -0.15) is 0 Å². The van der Waals surface area contributed by atoms with E-state index in [4.69, 9.17) is 26.4 Å². The van der Waals surface area contributed by atoms with Crippen LogP contribution in [0.2, 0.25) is 5.02 Å². The molecular formula is C22H21ClFN3O2. The number of fused-ring (bicyclic) bond motifs is 1. The Balaban J connectivity index is 1.69. The van der Waals surface area contributed by atoms with Crippen LogP contribution < -0.4 is 15.4 Å². The molecular weight excluding hydrogens is 393 g/mol. The fourth-order valence-electron chi connectivity index (χ4n) is 3.28. The lowest BCUT2D eigenvalue weighted by Gasteiger charge is -2.29. The van der Waals surface area contributed by atoms with Gasteiger partial charge in [0.25, 0.3) is 0 Å². The summed E-state index contributed by atoms with van der Waals surface area (Å²) in [5, 5.41) is 15.6. The fourth-order valence-corrected chi connectivity index (χ4v) is 3.45. The van der Waals surface area contributed by atoms with E-state index < -0.39 is 12.0 Å². The van der Waals surface area contributed by atoms with Crippen molar-refractivity contribution in [2.45, 2.75) is 19.1 Å². The first-order chi connectivity index (χ1) is 14.1. The molecule has 0 aliphatic carbocycles. The molecule has 7 heteroatoms. The smallest absolute Gasteiger partial charge is 0.199 e. The van der Waals surface area contributed by atoms with E-state index in [1.807, 2.05) is 36.6 Å². The van der Waals surface area contributed by atoms with Crippen LogP contribution in [-0.2, 0) is 6.42 Å². The Hall–Kier alpha value is -2.83. The molecule has 29 heavy (non-hydrogen) atoms. The first-order valence-electron chi connectivity index (χ1n) is 9.44. The van der Waals surface area contributed by atoms with Gasteiger partial charge in [-0.15, -0.1) is 0 Å². The van der Waals surface area contributed by atoms with E-state index in [0.717, 1.165) is 34.6 Å². The van der Waals surface area contributed by atoms with Gasteiger partial charge in [0.1, 0.15) is 17.4 Å². The quantitative estimate of drug-likeness (QED) is 0.665. The molecule has 0 bridgehead atoms. The molecule has 0 aromatic heterocycles. The average Bonchev–Trinajstić information content (AvgIpc) is 2.75. The molecule has 0 spiro atoms. The highest BCUT2D eigenvalue weighted by Gasteiger charge is 2.26. The molecule has 0 fully saturated rings. The van der Waals surface area contributed by atoms with Crippen molar-refractivity contribution in [3.63, 3.8) is 0 Å². The first kappa shape index (κ1) is 19.5. The monoisotopic (exact) mass is 413 g/mol. The summed E-state index contributed by atoms with van der Waals surface area (Å²) < 4.78 is 19.7. The summed E-state index contributed by atoms with van der Waals surface area (Å²) in [7, 11) is 0. The molecule has 150 valence electrons. The molecule has 0 amide bonds. The fraction of sp³-hybridized carbons (Fsp3) is 0.227. The van der Waals surface area contributed by atoms with Crippen molar-refractivity contribution in [3.8, 4) is 5.75 Å². The number of hydrogen-bond acceptors (Lipinski definition) is 5. The van der Waals surface area contributed by atoms with Crippen molar-refractivity contribution in [1.82, 2.24) is 10.6 Å². The minimum Gasteiger partial charge on any atom is -0.466 e. The van der Waals surface area contributed by atoms with E-state index in [0.29, 0.717) is 18.7 Å². The molecule has 1 atom stereocenters. The van der Waals surface area contributed by atoms with Gasteiger partial charge in [-0.25, -0.2) is 9.38 Å². The van der Waals surface area contributed by atoms with Crippen LogP contribution in [0.15, 0.2) is 65.3 Å². The molecule has 5 nitrogen and oxygen atoms in total. The molecule has 4 rings (SSSR count). The lowest BCUT2D eigenvalue weighted by Crippen LogP contribution is -2.38. The Bertz CT molecular complexity index is 1000. The molecule has 2 aromatic rings. The molecule has 1 unspecified atom stereocenters. The molecule has 2 aliphatic rings. The van der Waals surface area contributed by atoms with Gasteiger partial charge in [-0.1, -0.05) is 23.7 Å². The van der Waals surface area contributed by atoms with Crippen molar-refractivity contribution in [3.05, 3.63) is 82.3 Å². The second-order valence-corrected chi connectivity index (χ2v) is 7.24. The zero-order valence-corrected chi connectivity index (χ0v) is 16.4. The predicted molar refractivity (Wildman–Crippen MR) is 112 cm³/mol. The molecule has 2 aromatic carbocycles. The Morgan fingerprint density at radius 2 is 2.14 bits per heavy atom. The standard InChI is InChI=1S/C22H21ClFN3O2/c23-18-12-16(6-7-19(18)24)29-22-17-11-14(3-2-10-28)5-8-20(17)26-21(27-22)15-4-1-9-25-13-15/h1,4-9,11-12,22,25,28H,2-3,10,13H2,(H,26,27). The molecule has 3 N–H and O–H groups in total. The van der Waals surface area contributed by atoms with Crippen LogP contribution >= 0.6 is 11.6 Å². The van der Waals surface area contributed by atoms with Gasteiger partial charge in [0.2, 0.25) is 0 Å². The highest BCUT2D eigenvalue weighted by molar-refractivity contribution is 6.30. The number of aliphatic hydroxyl groups excluding tert-OH is 1. The molecule has 0 radical (unpaired) electrons.